The molecule has 0 spiro atoms. The van der Waals surface area contributed by atoms with Crippen LogP contribution in [0, 0.1) is 6.92 Å². The van der Waals surface area contributed by atoms with E-state index in [0.717, 1.165) is 22.4 Å². The molecule has 0 saturated carbocycles. The number of nitrogens with one attached hydrogen (secondary N) is 1. The van der Waals surface area contributed by atoms with Crippen LogP contribution < -0.4 is 10.2 Å². The average molecular weight is 489 g/mol. The van der Waals surface area contributed by atoms with Crippen molar-refractivity contribution in [3.8, 4) is 10.7 Å². The maximum absolute atomic E-state index is 13.6. The lowest BCUT2D eigenvalue weighted by Crippen LogP contribution is -2.51. The number of carbonyl (C=O) groups excluding carboxylic acids is 2. The second-order valence-corrected chi connectivity index (χ2v) is 9.18. The Morgan fingerprint density at radius 2 is 1.91 bits per heavy atom. The zero-order valence-corrected chi connectivity index (χ0v) is 20.6. The third kappa shape index (κ3) is 6.19. The molecule has 35 heavy (non-hydrogen) atoms. The number of tetrazole rings is 1. The molecule has 0 aliphatic carbocycles. The second kappa shape index (κ2) is 11.5. The van der Waals surface area contributed by atoms with Gasteiger partial charge in [-0.1, -0.05) is 61.9 Å². The summed E-state index contributed by atoms with van der Waals surface area (Å²) in [6, 6.07) is 20.5. The van der Waals surface area contributed by atoms with Crippen molar-refractivity contribution >= 4 is 28.8 Å². The van der Waals surface area contributed by atoms with Gasteiger partial charge >= 0.3 is 0 Å². The van der Waals surface area contributed by atoms with Crippen molar-refractivity contribution in [1.29, 1.82) is 0 Å². The Balaban J connectivity index is 1.58. The molecule has 2 aromatic heterocycles. The number of hydrogen-bond acceptors (Lipinski definition) is 6. The van der Waals surface area contributed by atoms with Crippen molar-refractivity contribution in [3.63, 3.8) is 0 Å². The van der Waals surface area contributed by atoms with E-state index >= 15 is 0 Å². The first-order valence-electron chi connectivity index (χ1n) is 11.6. The van der Waals surface area contributed by atoms with Crippen molar-refractivity contribution < 1.29 is 9.59 Å². The predicted octanol–water partition coefficient (Wildman–Crippen LogP) is 4.23. The summed E-state index contributed by atoms with van der Waals surface area (Å²) >= 11 is 1.51. The van der Waals surface area contributed by atoms with E-state index in [2.05, 4.69) is 20.7 Å². The van der Waals surface area contributed by atoms with Gasteiger partial charge in [0.1, 0.15) is 12.6 Å². The molecule has 9 heteroatoms. The highest BCUT2D eigenvalue weighted by Gasteiger charge is 2.31. The lowest BCUT2D eigenvalue weighted by Gasteiger charge is -2.31. The first-order chi connectivity index (χ1) is 17.0. The van der Waals surface area contributed by atoms with Crippen molar-refractivity contribution in [2.45, 2.75) is 45.8 Å². The molecule has 0 bridgehead atoms. The maximum atomic E-state index is 13.6. The monoisotopic (exact) mass is 488 g/mol. The van der Waals surface area contributed by atoms with E-state index in [1.54, 1.807) is 4.90 Å². The first kappa shape index (κ1) is 24.3. The maximum Gasteiger partial charge on any atom is 0.251 e. The lowest BCUT2D eigenvalue weighted by molar-refractivity contribution is -0.127. The Hall–Kier alpha value is -3.85. The third-order valence-corrected chi connectivity index (χ3v) is 6.37. The van der Waals surface area contributed by atoms with Crippen LogP contribution in [0.25, 0.3) is 10.7 Å². The van der Waals surface area contributed by atoms with E-state index in [0.29, 0.717) is 24.5 Å². The Bertz CT molecular complexity index is 1260. The van der Waals surface area contributed by atoms with Gasteiger partial charge in [-0.3, -0.25) is 14.5 Å². The Labute approximate surface area is 208 Å². The Morgan fingerprint density at radius 1 is 1.09 bits per heavy atom. The average Bonchev–Trinajstić information content (AvgIpc) is 3.55. The number of nitrogens with zero attached hydrogens (tertiary/aromatic N) is 5. The van der Waals surface area contributed by atoms with Crippen LogP contribution in [-0.2, 0) is 22.7 Å². The number of thiophene rings is 1. The van der Waals surface area contributed by atoms with Gasteiger partial charge in [0.05, 0.1) is 4.88 Å². The molecule has 2 heterocycles. The van der Waals surface area contributed by atoms with E-state index in [-0.39, 0.29) is 18.4 Å². The number of carbonyl (C=O) groups is 2. The Morgan fingerprint density at radius 3 is 2.63 bits per heavy atom. The van der Waals surface area contributed by atoms with Gasteiger partial charge in [-0.05, 0) is 53.3 Å². The van der Waals surface area contributed by atoms with Gasteiger partial charge in [-0.25, -0.2) is 0 Å². The van der Waals surface area contributed by atoms with E-state index in [1.807, 2.05) is 86.0 Å². The minimum Gasteiger partial charge on any atom is -0.350 e. The fourth-order valence-electron chi connectivity index (χ4n) is 3.84. The van der Waals surface area contributed by atoms with Crippen LogP contribution in [0.15, 0.2) is 72.1 Å². The van der Waals surface area contributed by atoms with Crippen LogP contribution in [-0.4, -0.2) is 38.1 Å². The summed E-state index contributed by atoms with van der Waals surface area (Å²) in [6.07, 6.45) is 1.26. The third-order valence-electron chi connectivity index (χ3n) is 5.51. The minimum absolute atomic E-state index is 0.126. The van der Waals surface area contributed by atoms with Crippen LogP contribution >= 0.6 is 11.3 Å². The summed E-state index contributed by atoms with van der Waals surface area (Å²) in [7, 11) is 0. The lowest BCUT2D eigenvalue weighted by atomic mass is 10.1. The summed E-state index contributed by atoms with van der Waals surface area (Å²) in [4.78, 5) is 30.7. The van der Waals surface area contributed by atoms with E-state index < -0.39 is 6.04 Å². The summed E-state index contributed by atoms with van der Waals surface area (Å²) in [6.45, 7) is 4.23. The number of anilines is 1. The van der Waals surface area contributed by atoms with E-state index in [1.165, 1.54) is 16.1 Å². The minimum atomic E-state index is -0.668. The molecule has 0 saturated heterocycles. The molecule has 0 aliphatic rings. The van der Waals surface area contributed by atoms with Crippen LogP contribution in [0.1, 0.15) is 30.9 Å². The largest absolute Gasteiger partial charge is 0.350 e. The number of aryl methyl sites for hydroxylation is 1. The van der Waals surface area contributed by atoms with Crippen molar-refractivity contribution in [2.24, 2.45) is 0 Å². The van der Waals surface area contributed by atoms with Crippen molar-refractivity contribution in [1.82, 2.24) is 25.5 Å². The van der Waals surface area contributed by atoms with Crippen molar-refractivity contribution in [2.75, 3.05) is 4.90 Å². The number of rotatable bonds is 10. The van der Waals surface area contributed by atoms with Gasteiger partial charge in [0.25, 0.3) is 5.91 Å². The van der Waals surface area contributed by atoms with Gasteiger partial charge in [-0.2, -0.15) is 4.80 Å². The van der Waals surface area contributed by atoms with Crippen LogP contribution in [0.2, 0.25) is 0 Å². The first-order valence-corrected chi connectivity index (χ1v) is 12.4. The number of aromatic nitrogens is 4. The highest BCUT2D eigenvalue weighted by Crippen LogP contribution is 2.23. The summed E-state index contributed by atoms with van der Waals surface area (Å²) in [5.41, 5.74) is 2.67. The highest BCUT2D eigenvalue weighted by molar-refractivity contribution is 7.13. The highest BCUT2D eigenvalue weighted by atomic mass is 32.1. The van der Waals surface area contributed by atoms with Gasteiger partial charge in [0.2, 0.25) is 11.7 Å². The van der Waals surface area contributed by atoms with Gasteiger partial charge < -0.3 is 5.32 Å². The summed E-state index contributed by atoms with van der Waals surface area (Å²) in [5.74, 6) is -0.00366. The van der Waals surface area contributed by atoms with Gasteiger partial charge in [0.15, 0.2) is 0 Å². The zero-order chi connectivity index (χ0) is 24.6. The molecular weight excluding hydrogens is 460 g/mol. The SMILES string of the molecule is CCCC(C(=O)NCc1ccccc1)N(C(=O)Cn1nnc(-c2cccs2)n1)c1cccc(C)c1. The van der Waals surface area contributed by atoms with Gasteiger partial charge in [-0.15, -0.1) is 21.5 Å². The zero-order valence-electron chi connectivity index (χ0n) is 19.8. The fourth-order valence-corrected chi connectivity index (χ4v) is 4.49. The summed E-state index contributed by atoms with van der Waals surface area (Å²) in [5, 5.41) is 17.5. The quantitative estimate of drug-likeness (QED) is 0.361. The molecule has 2 aromatic carbocycles. The van der Waals surface area contributed by atoms with Crippen molar-refractivity contribution in [3.05, 3.63) is 83.2 Å². The summed E-state index contributed by atoms with van der Waals surface area (Å²) < 4.78 is 0. The molecule has 4 aromatic rings. The van der Waals surface area contributed by atoms with Crippen LogP contribution in [0.4, 0.5) is 5.69 Å². The normalized spacial score (nSPS) is 11.7. The molecule has 0 fully saturated rings. The molecule has 0 radical (unpaired) electrons. The molecule has 1 N–H and O–H groups in total. The molecule has 0 aliphatic heterocycles. The van der Waals surface area contributed by atoms with Gasteiger partial charge in [0, 0.05) is 12.2 Å². The Kier molecular flexibility index (Phi) is 7.99. The van der Waals surface area contributed by atoms with E-state index in [4.69, 9.17) is 0 Å². The molecule has 1 atom stereocenters. The smallest absolute Gasteiger partial charge is 0.251 e. The molecule has 8 nitrogen and oxygen atoms in total. The molecule has 1 unspecified atom stereocenters. The molecule has 180 valence electrons. The van der Waals surface area contributed by atoms with Crippen LogP contribution in [0.5, 0.6) is 0 Å². The topological polar surface area (TPSA) is 93.0 Å². The predicted molar refractivity (Wildman–Crippen MR) is 137 cm³/mol. The number of hydrogen-bond donors (Lipinski definition) is 1. The molecular formula is C26H28N6O2S. The number of benzene rings is 2. The van der Waals surface area contributed by atoms with Crippen LogP contribution in [0.3, 0.4) is 0 Å². The second-order valence-electron chi connectivity index (χ2n) is 8.23. The standard InChI is InChI=1S/C26H28N6O2S/c1-3-9-22(26(34)27-17-20-11-5-4-6-12-20)32(21-13-7-10-19(2)16-21)24(33)18-31-29-25(28-30-31)23-14-8-15-35-23/h4-8,10-16,22H,3,9,17-18H2,1-2H3,(H,27,34). The fraction of sp³-hybridized carbons (Fsp3) is 0.269. The number of amides is 2. The van der Waals surface area contributed by atoms with E-state index in [9.17, 15) is 9.59 Å². The molecule has 2 amide bonds. The molecule has 4 rings (SSSR count).